The SMILES string of the molecule is CCOC(=O)CCCNCC(=O)Nc1c(C)cccc1C. The lowest BCUT2D eigenvalue weighted by Gasteiger charge is -2.11. The molecule has 0 spiro atoms. The maximum absolute atomic E-state index is 11.9. The number of ether oxygens (including phenoxy) is 1. The van der Waals surface area contributed by atoms with Crippen LogP contribution in [0.3, 0.4) is 0 Å². The Morgan fingerprint density at radius 1 is 1.19 bits per heavy atom. The van der Waals surface area contributed by atoms with Gasteiger partial charge in [-0.15, -0.1) is 0 Å². The first-order valence-electron chi connectivity index (χ1n) is 7.27. The van der Waals surface area contributed by atoms with Crippen molar-refractivity contribution in [3.05, 3.63) is 29.3 Å². The van der Waals surface area contributed by atoms with Gasteiger partial charge >= 0.3 is 5.97 Å². The summed E-state index contributed by atoms with van der Waals surface area (Å²) in [6.45, 7) is 6.97. The Morgan fingerprint density at radius 2 is 1.86 bits per heavy atom. The Morgan fingerprint density at radius 3 is 2.48 bits per heavy atom. The summed E-state index contributed by atoms with van der Waals surface area (Å²) < 4.78 is 4.83. The molecule has 0 saturated heterocycles. The predicted molar refractivity (Wildman–Crippen MR) is 83.3 cm³/mol. The fourth-order valence-corrected chi connectivity index (χ4v) is 1.99. The topological polar surface area (TPSA) is 67.4 Å². The normalized spacial score (nSPS) is 10.2. The Bertz CT molecular complexity index is 466. The summed E-state index contributed by atoms with van der Waals surface area (Å²) in [5.74, 6) is -0.275. The highest BCUT2D eigenvalue weighted by atomic mass is 16.5. The van der Waals surface area contributed by atoms with E-state index >= 15 is 0 Å². The molecule has 0 unspecified atom stereocenters. The van der Waals surface area contributed by atoms with Crippen molar-refractivity contribution in [3.8, 4) is 0 Å². The van der Waals surface area contributed by atoms with Gasteiger partial charge in [0.15, 0.2) is 0 Å². The van der Waals surface area contributed by atoms with Gasteiger partial charge in [-0.3, -0.25) is 9.59 Å². The third kappa shape index (κ3) is 6.40. The van der Waals surface area contributed by atoms with Gasteiger partial charge in [0, 0.05) is 12.1 Å². The first kappa shape index (κ1) is 17.2. The van der Waals surface area contributed by atoms with E-state index in [0.717, 1.165) is 16.8 Å². The molecule has 21 heavy (non-hydrogen) atoms. The van der Waals surface area contributed by atoms with Crippen molar-refractivity contribution in [3.63, 3.8) is 0 Å². The number of hydrogen-bond acceptors (Lipinski definition) is 4. The molecule has 0 saturated carbocycles. The number of anilines is 1. The van der Waals surface area contributed by atoms with Gasteiger partial charge in [-0.25, -0.2) is 0 Å². The van der Waals surface area contributed by atoms with E-state index in [-0.39, 0.29) is 18.4 Å². The van der Waals surface area contributed by atoms with Gasteiger partial charge in [0.05, 0.1) is 13.2 Å². The molecule has 5 heteroatoms. The molecule has 0 aliphatic carbocycles. The minimum atomic E-state index is -0.195. The molecular weight excluding hydrogens is 268 g/mol. The summed E-state index contributed by atoms with van der Waals surface area (Å²) in [5.41, 5.74) is 2.96. The lowest BCUT2D eigenvalue weighted by atomic mass is 10.1. The van der Waals surface area contributed by atoms with E-state index in [2.05, 4.69) is 10.6 Å². The molecule has 0 fully saturated rings. The van der Waals surface area contributed by atoms with E-state index in [1.54, 1.807) is 6.92 Å². The zero-order valence-electron chi connectivity index (χ0n) is 13.0. The molecule has 0 bridgehead atoms. The number of esters is 1. The van der Waals surface area contributed by atoms with Crippen LogP contribution in [0.1, 0.15) is 30.9 Å². The molecule has 1 rings (SSSR count). The number of amides is 1. The average Bonchev–Trinajstić information content (AvgIpc) is 2.43. The molecule has 116 valence electrons. The van der Waals surface area contributed by atoms with Crippen LogP contribution in [0.25, 0.3) is 0 Å². The molecule has 0 atom stereocenters. The standard InChI is InChI=1S/C16H24N2O3/c1-4-21-15(20)9-6-10-17-11-14(19)18-16-12(2)7-5-8-13(16)3/h5,7-8,17H,4,6,9-11H2,1-3H3,(H,18,19). The second-order valence-electron chi connectivity index (χ2n) is 4.90. The van der Waals surface area contributed by atoms with Crippen molar-refractivity contribution in [2.24, 2.45) is 0 Å². The highest BCUT2D eigenvalue weighted by Crippen LogP contribution is 2.18. The minimum absolute atomic E-state index is 0.0801. The zero-order valence-corrected chi connectivity index (χ0v) is 13.0. The van der Waals surface area contributed by atoms with Crippen LogP contribution in [0.15, 0.2) is 18.2 Å². The van der Waals surface area contributed by atoms with Crippen molar-refractivity contribution in [2.75, 3.05) is 25.0 Å². The summed E-state index contributed by atoms with van der Waals surface area (Å²) >= 11 is 0. The Kier molecular flexibility index (Phi) is 7.46. The van der Waals surface area contributed by atoms with Crippen LogP contribution in [-0.2, 0) is 14.3 Å². The van der Waals surface area contributed by atoms with Crippen molar-refractivity contribution in [1.29, 1.82) is 0 Å². The first-order chi connectivity index (χ1) is 10.0. The highest BCUT2D eigenvalue weighted by molar-refractivity contribution is 5.93. The fraction of sp³-hybridized carbons (Fsp3) is 0.500. The summed E-state index contributed by atoms with van der Waals surface area (Å²) in [5, 5.41) is 5.93. The Balaban J connectivity index is 2.24. The lowest BCUT2D eigenvalue weighted by Crippen LogP contribution is -2.29. The van der Waals surface area contributed by atoms with Gasteiger partial charge in [-0.2, -0.15) is 0 Å². The first-order valence-corrected chi connectivity index (χ1v) is 7.27. The highest BCUT2D eigenvalue weighted by Gasteiger charge is 2.07. The van der Waals surface area contributed by atoms with Crippen molar-refractivity contribution in [2.45, 2.75) is 33.6 Å². The molecule has 0 aliphatic rings. The van der Waals surface area contributed by atoms with Crippen LogP contribution in [0.5, 0.6) is 0 Å². The van der Waals surface area contributed by atoms with E-state index in [9.17, 15) is 9.59 Å². The summed E-state index contributed by atoms with van der Waals surface area (Å²) in [6.07, 6.45) is 1.04. The van der Waals surface area contributed by atoms with E-state index in [1.807, 2.05) is 32.0 Å². The van der Waals surface area contributed by atoms with E-state index in [4.69, 9.17) is 4.74 Å². The van der Waals surface area contributed by atoms with E-state index < -0.39 is 0 Å². The second kappa shape index (κ2) is 9.13. The number of carbonyl (C=O) groups is 2. The van der Waals surface area contributed by atoms with Gasteiger partial charge in [0.25, 0.3) is 0 Å². The zero-order chi connectivity index (χ0) is 15.7. The molecule has 1 aromatic carbocycles. The molecule has 1 aromatic rings. The number of para-hydroxylation sites is 1. The maximum Gasteiger partial charge on any atom is 0.305 e. The fourth-order valence-electron chi connectivity index (χ4n) is 1.99. The van der Waals surface area contributed by atoms with E-state index in [0.29, 0.717) is 26.0 Å². The second-order valence-corrected chi connectivity index (χ2v) is 4.90. The van der Waals surface area contributed by atoms with Crippen LogP contribution in [-0.4, -0.2) is 31.6 Å². The third-order valence-electron chi connectivity index (χ3n) is 3.07. The maximum atomic E-state index is 11.9. The molecule has 1 amide bonds. The molecular formula is C16H24N2O3. The van der Waals surface area contributed by atoms with Gasteiger partial charge in [-0.05, 0) is 44.9 Å². The summed E-state index contributed by atoms with van der Waals surface area (Å²) in [7, 11) is 0. The predicted octanol–water partition coefficient (Wildman–Crippen LogP) is 2.17. The molecule has 0 aliphatic heterocycles. The Labute approximate surface area is 126 Å². The van der Waals surface area contributed by atoms with Crippen LogP contribution >= 0.6 is 0 Å². The van der Waals surface area contributed by atoms with Crippen LogP contribution < -0.4 is 10.6 Å². The van der Waals surface area contributed by atoms with Gasteiger partial charge in [0.2, 0.25) is 5.91 Å². The largest absolute Gasteiger partial charge is 0.466 e. The number of benzene rings is 1. The molecule has 0 heterocycles. The van der Waals surface area contributed by atoms with Crippen LogP contribution in [0.4, 0.5) is 5.69 Å². The summed E-state index contributed by atoms with van der Waals surface area (Å²) in [4.78, 5) is 23.0. The Hall–Kier alpha value is -1.88. The number of rotatable bonds is 8. The van der Waals surface area contributed by atoms with E-state index in [1.165, 1.54) is 0 Å². The third-order valence-corrected chi connectivity index (χ3v) is 3.07. The molecule has 5 nitrogen and oxygen atoms in total. The van der Waals surface area contributed by atoms with Crippen LogP contribution in [0.2, 0.25) is 0 Å². The summed E-state index contributed by atoms with van der Waals surface area (Å²) in [6, 6.07) is 5.90. The molecule has 0 aromatic heterocycles. The van der Waals surface area contributed by atoms with Gasteiger partial charge < -0.3 is 15.4 Å². The number of aryl methyl sites for hydroxylation is 2. The van der Waals surface area contributed by atoms with Crippen LogP contribution in [0, 0.1) is 13.8 Å². The monoisotopic (exact) mass is 292 g/mol. The molecule has 0 radical (unpaired) electrons. The van der Waals surface area contributed by atoms with Crippen molar-refractivity contribution in [1.82, 2.24) is 5.32 Å². The smallest absolute Gasteiger partial charge is 0.305 e. The number of hydrogen-bond donors (Lipinski definition) is 2. The van der Waals surface area contributed by atoms with Crippen molar-refractivity contribution >= 4 is 17.6 Å². The average molecular weight is 292 g/mol. The lowest BCUT2D eigenvalue weighted by molar-refractivity contribution is -0.143. The number of nitrogens with one attached hydrogen (secondary N) is 2. The van der Waals surface area contributed by atoms with Gasteiger partial charge in [0.1, 0.15) is 0 Å². The number of carbonyl (C=O) groups excluding carboxylic acids is 2. The minimum Gasteiger partial charge on any atom is -0.466 e. The van der Waals surface area contributed by atoms with Crippen molar-refractivity contribution < 1.29 is 14.3 Å². The van der Waals surface area contributed by atoms with Gasteiger partial charge in [-0.1, -0.05) is 18.2 Å². The molecule has 2 N–H and O–H groups in total. The quantitative estimate of drug-likeness (QED) is 0.569.